The van der Waals surface area contributed by atoms with Crippen molar-refractivity contribution in [3.05, 3.63) is 27.7 Å². The Morgan fingerprint density at radius 2 is 1.88 bits per heavy atom. The van der Waals surface area contributed by atoms with Crippen molar-refractivity contribution in [2.24, 2.45) is 0 Å². The summed E-state index contributed by atoms with van der Waals surface area (Å²) in [4.78, 5) is 55.5. The summed E-state index contributed by atoms with van der Waals surface area (Å²) in [5.74, 6) is -0.825. The van der Waals surface area contributed by atoms with Crippen molar-refractivity contribution in [3.8, 4) is 0 Å². The number of likely N-dealkylation sites (N-methyl/N-ethyl adjacent to an activating group) is 2. The average Bonchev–Trinajstić information content (AvgIpc) is 3.00. The lowest BCUT2D eigenvalue weighted by Gasteiger charge is -2.17. The number of hydrogen-bond donors (Lipinski definition) is 3. The van der Waals surface area contributed by atoms with Crippen LogP contribution in [-0.2, 0) is 9.59 Å². The minimum absolute atomic E-state index is 0.158. The van der Waals surface area contributed by atoms with Crippen LogP contribution in [0.4, 0.5) is 10.5 Å². The van der Waals surface area contributed by atoms with Gasteiger partial charge in [0.1, 0.15) is 6.04 Å². The standard InChI is InChI=1S/C16H19N5O4/c1-7-5-9-13(19-15(24)17-9)12(8(7)2)18-11(22)6-10-14(23)21(4)16(25)20(10)3/h5,10H,6H2,1-4H3,(H,18,22)(H2,17,19,24). The Kier molecular flexibility index (Phi) is 3.86. The number of rotatable bonds is 3. The summed E-state index contributed by atoms with van der Waals surface area (Å²) >= 11 is 0. The van der Waals surface area contributed by atoms with Crippen molar-refractivity contribution in [3.63, 3.8) is 0 Å². The lowest BCUT2D eigenvalue weighted by Crippen LogP contribution is -2.35. The Balaban J connectivity index is 1.88. The van der Waals surface area contributed by atoms with Gasteiger partial charge in [-0.15, -0.1) is 0 Å². The molecule has 3 N–H and O–H groups in total. The van der Waals surface area contributed by atoms with Crippen LogP contribution < -0.4 is 11.0 Å². The van der Waals surface area contributed by atoms with E-state index in [4.69, 9.17) is 0 Å². The molecule has 9 heteroatoms. The zero-order valence-corrected chi connectivity index (χ0v) is 14.4. The number of urea groups is 1. The molecule has 1 aromatic heterocycles. The number of aryl methyl sites for hydroxylation is 1. The van der Waals surface area contributed by atoms with E-state index in [0.29, 0.717) is 16.7 Å². The van der Waals surface area contributed by atoms with E-state index in [0.717, 1.165) is 16.0 Å². The molecule has 25 heavy (non-hydrogen) atoms. The number of anilines is 1. The van der Waals surface area contributed by atoms with Gasteiger partial charge in [-0.2, -0.15) is 0 Å². The van der Waals surface area contributed by atoms with Crippen molar-refractivity contribution in [1.29, 1.82) is 0 Å². The first-order valence-corrected chi connectivity index (χ1v) is 7.77. The lowest BCUT2D eigenvalue weighted by atomic mass is 10.1. The Bertz CT molecular complexity index is 957. The highest BCUT2D eigenvalue weighted by Gasteiger charge is 2.41. The maximum absolute atomic E-state index is 12.5. The number of amides is 4. The lowest BCUT2D eigenvalue weighted by molar-refractivity contribution is -0.129. The number of benzene rings is 1. The van der Waals surface area contributed by atoms with E-state index >= 15 is 0 Å². The molecule has 0 saturated carbocycles. The number of nitrogens with one attached hydrogen (secondary N) is 3. The van der Waals surface area contributed by atoms with Crippen LogP contribution in [0.2, 0.25) is 0 Å². The third kappa shape index (κ3) is 2.67. The molecule has 0 aliphatic carbocycles. The van der Waals surface area contributed by atoms with Gasteiger partial charge in [0.05, 0.1) is 23.1 Å². The molecular formula is C16H19N5O4. The monoisotopic (exact) mass is 345 g/mol. The largest absolute Gasteiger partial charge is 0.326 e. The zero-order valence-electron chi connectivity index (χ0n) is 14.4. The molecule has 0 radical (unpaired) electrons. The predicted octanol–water partition coefficient (Wildman–Crippen LogP) is 0.694. The van der Waals surface area contributed by atoms with E-state index in [-0.39, 0.29) is 12.1 Å². The quantitative estimate of drug-likeness (QED) is 0.709. The summed E-state index contributed by atoms with van der Waals surface area (Å²) in [6.07, 6.45) is -0.158. The van der Waals surface area contributed by atoms with E-state index in [1.165, 1.54) is 19.0 Å². The Morgan fingerprint density at radius 3 is 2.48 bits per heavy atom. The summed E-state index contributed by atoms with van der Waals surface area (Å²) in [5, 5.41) is 2.77. The van der Waals surface area contributed by atoms with Gasteiger partial charge in [0.15, 0.2) is 0 Å². The first kappa shape index (κ1) is 16.7. The zero-order chi connectivity index (χ0) is 18.5. The molecular weight excluding hydrogens is 326 g/mol. The molecule has 1 aliphatic heterocycles. The van der Waals surface area contributed by atoms with Crippen LogP contribution in [0.15, 0.2) is 10.9 Å². The first-order valence-electron chi connectivity index (χ1n) is 7.77. The van der Waals surface area contributed by atoms with E-state index in [1.54, 1.807) is 0 Å². The number of aromatic amines is 2. The van der Waals surface area contributed by atoms with Crippen LogP contribution >= 0.6 is 0 Å². The summed E-state index contributed by atoms with van der Waals surface area (Å²) in [6, 6.07) is 0.551. The molecule has 1 atom stereocenters. The molecule has 3 rings (SSSR count). The minimum atomic E-state index is -0.830. The number of fused-ring (bicyclic) bond motifs is 1. The number of imidazole rings is 1. The van der Waals surface area contributed by atoms with Crippen LogP contribution in [0.25, 0.3) is 11.0 Å². The fourth-order valence-electron chi connectivity index (χ4n) is 3.01. The van der Waals surface area contributed by atoms with E-state index in [1.807, 2.05) is 19.9 Å². The molecule has 4 amide bonds. The Hall–Kier alpha value is -3.10. The number of imide groups is 1. The van der Waals surface area contributed by atoms with Crippen LogP contribution in [-0.4, -0.2) is 57.8 Å². The normalized spacial score (nSPS) is 17.7. The number of carbonyl (C=O) groups excluding carboxylic acids is 3. The number of nitrogens with zero attached hydrogens (tertiary/aromatic N) is 2. The highest BCUT2D eigenvalue weighted by molar-refractivity contribution is 6.08. The third-order valence-electron chi connectivity index (χ3n) is 4.65. The second kappa shape index (κ2) is 5.76. The molecule has 0 spiro atoms. The van der Waals surface area contributed by atoms with Crippen molar-refractivity contribution in [2.45, 2.75) is 26.3 Å². The topological polar surface area (TPSA) is 118 Å². The van der Waals surface area contributed by atoms with Gasteiger partial charge in [0.25, 0.3) is 5.91 Å². The smallest absolute Gasteiger partial charge is 0.324 e. The fourth-order valence-corrected chi connectivity index (χ4v) is 3.01. The van der Waals surface area contributed by atoms with Gasteiger partial charge >= 0.3 is 11.7 Å². The molecule has 0 bridgehead atoms. The molecule has 1 fully saturated rings. The summed E-state index contributed by atoms with van der Waals surface area (Å²) < 4.78 is 0. The molecule has 1 unspecified atom stereocenters. The molecule has 1 aromatic carbocycles. The van der Waals surface area contributed by atoms with Crippen molar-refractivity contribution >= 4 is 34.6 Å². The maximum Gasteiger partial charge on any atom is 0.326 e. The highest BCUT2D eigenvalue weighted by Crippen LogP contribution is 2.27. The summed E-state index contributed by atoms with van der Waals surface area (Å²) in [6.45, 7) is 3.71. The van der Waals surface area contributed by atoms with Crippen LogP contribution in [0.3, 0.4) is 0 Å². The van der Waals surface area contributed by atoms with Crippen molar-refractivity contribution in [2.75, 3.05) is 19.4 Å². The summed E-state index contributed by atoms with van der Waals surface area (Å²) in [7, 11) is 2.87. The fraction of sp³-hybridized carbons (Fsp3) is 0.375. The van der Waals surface area contributed by atoms with Gasteiger partial charge in [-0.25, -0.2) is 9.59 Å². The van der Waals surface area contributed by atoms with Crippen LogP contribution in [0.5, 0.6) is 0 Å². The molecule has 9 nitrogen and oxygen atoms in total. The molecule has 1 aliphatic rings. The molecule has 1 saturated heterocycles. The third-order valence-corrected chi connectivity index (χ3v) is 4.65. The number of H-pyrrole nitrogens is 2. The van der Waals surface area contributed by atoms with Crippen molar-refractivity contribution < 1.29 is 14.4 Å². The Labute approximate surface area is 143 Å². The maximum atomic E-state index is 12.5. The van der Waals surface area contributed by atoms with Gasteiger partial charge in [0, 0.05) is 14.1 Å². The van der Waals surface area contributed by atoms with Gasteiger partial charge in [-0.1, -0.05) is 0 Å². The molecule has 2 aromatic rings. The van der Waals surface area contributed by atoms with Gasteiger partial charge in [0.2, 0.25) is 5.91 Å². The van der Waals surface area contributed by atoms with Gasteiger partial charge < -0.3 is 20.2 Å². The van der Waals surface area contributed by atoms with Gasteiger partial charge in [-0.3, -0.25) is 14.5 Å². The first-order chi connectivity index (χ1) is 11.7. The SMILES string of the molecule is Cc1cc2[nH]c(=O)[nH]c2c(NC(=O)CC2C(=O)N(C)C(=O)N2C)c1C. The van der Waals surface area contributed by atoms with Crippen LogP contribution in [0, 0.1) is 13.8 Å². The van der Waals surface area contributed by atoms with Crippen LogP contribution in [0.1, 0.15) is 17.5 Å². The van der Waals surface area contributed by atoms with Gasteiger partial charge in [-0.05, 0) is 31.0 Å². The van der Waals surface area contributed by atoms with E-state index in [9.17, 15) is 19.2 Å². The second-order valence-corrected chi connectivity index (χ2v) is 6.25. The summed E-state index contributed by atoms with van der Waals surface area (Å²) in [5.41, 5.74) is 2.94. The molecule has 2 heterocycles. The van der Waals surface area contributed by atoms with E-state index in [2.05, 4.69) is 15.3 Å². The van der Waals surface area contributed by atoms with Crippen molar-refractivity contribution in [1.82, 2.24) is 19.8 Å². The number of hydrogen-bond acceptors (Lipinski definition) is 4. The Morgan fingerprint density at radius 1 is 1.20 bits per heavy atom. The second-order valence-electron chi connectivity index (χ2n) is 6.25. The molecule has 132 valence electrons. The van der Waals surface area contributed by atoms with E-state index < -0.39 is 23.9 Å². The highest BCUT2D eigenvalue weighted by atomic mass is 16.2. The number of carbonyl (C=O) groups is 3. The minimum Gasteiger partial charge on any atom is -0.324 e. The average molecular weight is 345 g/mol. The number of aromatic nitrogens is 2. The predicted molar refractivity (Wildman–Crippen MR) is 91.4 cm³/mol.